The predicted octanol–water partition coefficient (Wildman–Crippen LogP) is 11.6. The zero-order valence-corrected chi connectivity index (χ0v) is 33.5. The highest BCUT2D eigenvalue weighted by molar-refractivity contribution is 5.70. The molecule has 0 radical (unpaired) electrons. The van der Waals surface area contributed by atoms with E-state index in [4.69, 9.17) is 14.2 Å². The van der Waals surface area contributed by atoms with E-state index in [1.54, 1.807) is 0 Å². The quantitative estimate of drug-likeness (QED) is 0.0281. The third-order valence-corrected chi connectivity index (χ3v) is 9.00. The van der Waals surface area contributed by atoms with E-state index in [0.29, 0.717) is 19.3 Å². The van der Waals surface area contributed by atoms with Crippen LogP contribution >= 0.6 is 0 Å². The van der Waals surface area contributed by atoms with Crippen LogP contribution in [0.2, 0.25) is 0 Å². The molecular formula is C43H79NO6. The third-order valence-electron chi connectivity index (χ3n) is 9.00. The van der Waals surface area contributed by atoms with Crippen LogP contribution in [-0.4, -0.2) is 61.8 Å². The molecule has 7 heteroatoms. The summed E-state index contributed by atoms with van der Waals surface area (Å²) in [4.78, 5) is 39.1. The monoisotopic (exact) mass is 706 g/mol. The molecule has 0 amide bonds. The van der Waals surface area contributed by atoms with Gasteiger partial charge < -0.3 is 19.1 Å². The average Bonchev–Trinajstić information content (AvgIpc) is 3.06. The molecule has 0 saturated carbocycles. The van der Waals surface area contributed by atoms with Crippen molar-refractivity contribution in [2.45, 2.75) is 213 Å². The molecule has 0 aliphatic heterocycles. The van der Waals surface area contributed by atoms with Crippen molar-refractivity contribution in [2.24, 2.45) is 0 Å². The van der Waals surface area contributed by atoms with Gasteiger partial charge in [-0.3, -0.25) is 14.4 Å². The number of hydrogen-bond acceptors (Lipinski definition) is 7. The van der Waals surface area contributed by atoms with Gasteiger partial charge in [-0.25, -0.2) is 0 Å². The number of nitrogens with zero attached hydrogens (tertiary/aromatic N) is 1. The molecule has 0 saturated heterocycles. The van der Waals surface area contributed by atoms with E-state index in [1.807, 2.05) is 40.1 Å². The van der Waals surface area contributed by atoms with E-state index in [2.05, 4.69) is 30.9 Å². The molecule has 0 aliphatic carbocycles. The molecular weight excluding hydrogens is 626 g/mol. The van der Waals surface area contributed by atoms with Crippen molar-refractivity contribution in [1.29, 1.82) is 0 Å². The zero-order valence-electron chi connectivity index (χ0n) is 33.5. The largest absolute Gasteiger partial charge is 0.462 e. The van der Waals surface area contributed by atoms with E-state index in [-0.39, 0.29) is 36.2 Å². The van der Waals surface area contributed by atoms with E-state index >= 15 is 0 Å². The molecule has 0 aliphatic rings. The van der Waals surface area contributed by atoms with Crippen LogP contribution in [0.4, 0.5) is 0 Å². The highest BCUT2D eigenvalue weighted by atomic mass is 16.5. The van der Waals surface area contributed by atoms with Crippen LogP contribution in [0, 0.1) is 0 Å². The molecule has 50 heavy (non-hydrogen) atoms. The molecule has 0 rings (SSSR count). The number of ether oxygens (including phenoxy) is 3. The van der Waals surface area contributed by atoms with Crippen molar-refractivity contribution >= 4 is 17.9 Å². The molecule has 0 N–H and O–H groups in total. The SMILES string of the molecule is CCCCCCC=CC(C)OC(=O)CCCCCCCC(CCCCCCCC(=O)OC(C)C=CCCCCCC)OC(=O)CCCN(C)C. The molecule has 0 bridgehead atoms. The number of esters is 3. The van der Waals surface area contributed by atoms with Gasteiger partial charge in [0.2, 0.25) is 0 Å². The highest BCUT2D eigenvalue weighted by Gasteiger charge is 2.15. The van der Waals surface area contributed by atoms with Gasteiger partial charge in [-0.15, -0.1) is 0 Å². The van der Waals surface area contributed by atoms with Crippen LogP contribution in [0.1, 0.15) is 195 Å². The molecule has 7 nitrogen and oxygen atoms in total. The first kappa shape index (κ1) is 47.8. The first-order valence-electron chi connectivity index (χ1n) is 20.7. The summed E-state index contributed by atoms with van der Waals surface area (Å²) >= 11 is 0. The lowest BCUT2D eigenvalue weighted by Gasteiger charge is -2.18. The second kappa shape index (κ2) is 35.3. The van der Waals surface area contributed by atoms with Crippen LogP contribution in [-0.2, 0) is 28.6 Å². The predicted molar refractivity (Wildman–Crippen MR) is 209 cm³/mol. The molecule has 292 valence electrons. The summed E-state index contributed by atoms with van der Waals surface area (Å²) in [5, 5.41) is 0. The number of carbonyl (C=O) groups is 3. The fourth-order valence-electron chi connectivity index (χ4n) is 5.95. The number of carbonyl (C=O) groups excluding carboxylic acids is 3. The summed E-state index contributed by atoms with van der Waals surface area (Å²) in [6, 6.07) is 0. The van der Waals surface area contributed by atoms with Gasteiger partial charge >= 0.3 is 17.9 Å². The molecule has 0 heterocycles. The van der Waals surface area contributed by atoms with Gasteiger partial charge in [0.15, 0.2) is 0 Å². The van der Waals surface area contributed by atoms with Gasteiger partial charge in [-0.1, -0.05) is 103 Å². The lowest BCUT2D eigenvalue weighted by atomic mass is 10.0. The summed E-state index contributed by atoms with van der Waals surface area (Å²) in [5.41, 5.74) is 0. The fourth-order valence-corrected chi connectivity index (χ4v) is 5.95. The molecule has 0 aromatic carbocycles. The smallest absolute Gasteiger partial charge is 0.306 e. The van der Waals surface area contributed by atoms with Crippen molar-refractivity contribution in [2.75, 3.05) is 20.6 Å². The Balaban J connectivity index is 4.25. The van der Waals surface area contributed by atoms with Crippen molar-refractivity contribution in [3.8, 4) is 0 Å². The first-order valence-corrected chi connectivity index (χ1v) is 20.7. The third kappa shape index (κ3) is 34.3. The topological polar surface area (TPSA) is 82.1 Å². The minimum atomic E-state index is -0.161. The van der Waals surface area contributed by atoms with E-state index < -0.39 is 0 Å². The van der Waals surface area contributed by atoms with Crippen molar-refractivity contribution < 1.29 is 28.6 Å². The van der Waals surface area contributed by atoms with Gasteiger partial charge in [-0.05, 0) is 117 Å². The van der Waals surface area contributed by atoms with E-state index in [0.717, 1.165) is 103 Å². The second-order valence-corrected chi connectivity index (χ2v) is 14.6. The number of allylic oxidation sites excluding steroid dienone is 2. The molecule has 2 unspecified atom stereocenters. The van der Waals surface area contributed by atoms with Crippen molar-refractivity contribution in [3.05, 3.63) is 24.3 Å². The van der Waals surface area contributed by atoms with Crippen LogP contribution in [0.3, 0.4) is 0 Å². The molecule has 0 fully saturated rings. The number of unbranched alkanes of at least 4 members (excludes halogenated alkanes) is 16. The normalized spacial score (nSPS) is 13.6. The standard InChI is InChI=1S/C43H79NO6/c1-7-9-11-13-17-23-30-38(3)48-41(45)34-27-21-15-19-25-32-40(50-43(47)36-29-37-44(5)6)33-26-20-16-22-28-35-42(46)49-39(4)31-24-18-14-12-10-8-2/h23-24,30-31,38-40H,7-22,25-29,32-37H2,1-6H3. The molecule has 0 aromatic heterocycles. The van der Waals surface area contributed by atoms with Crippen LogP contribution < -0.4 is 0 Å². The summed E-state index contributed by atoms with van der Waals surface area (Å²) in [6.07, 6.45) is 34.0. The minimum Gasteiger partial charge on any atom is -0.462 e. The summed E-state index contributed by atoms with van der Waals surface area (Å²) in [7, 11) is 4.04. The van der Waals surface area contributed by atoms with Gasteiger partial charge in [0.25, 0.3) is 0 Å². The lowest BCUT2D eigenvalue weighted by molar-refractivity contribution is -0.150. The lowest BCUT2D eigenvalue weighted by Crippen LogP contribution is -2.20. The Morgan fingerprint density at radius 1 is 0.500 bits per heavy atom. The maximum atomic E-state index is 12.5. The Labute approximate surface area is 308 Å². The van der Waals surface area contributed by atoms with Gasteiger partial charge in [-0.2, -0.15) is 0 Å². The second-order valence-electron chi connectivity index (χ2n) is 14.6. The van der Waals surface area contributed by atoms with Gasteiger partial charge in [0.05, 0.1) is 0 Å². The first-order chi connectivity index (χ1) is 24.2. The minimum absolute atomic E-state index is 0.0332. The highest BCUT2D eigenvalue weighted by Crippen LogP contribution is 2.18. The van der Waals surface area contributed by atoms with Gasteiger partial charge in [0, 0.05) is 19.3 Å². The van der Waals surface area contributed by atoms with Crippen LogP contribution in [0.25, 0.3) is 0 Å². The van der Waals surface area contributed by atoms with E-state index in [1.165, 1.54) is 51.4 Å². The van der Waals surface area contributed by atoms with Crippen molar-refractivity contribution in [1.82, 2.24) is 4.90 Å². The Bertz CT molecular complexity index is 813. The Morgan fingerprint density at radius 2 is 0.880 bits per heavy atom. The zero-order chi connectivity index (χ0) is 37.1. The molecule has 0 spiro atoms. The summed E-state index contributed by atoms with van der Waals surface area (Å²) < 4.78 is 17.0. The molecule has 2 atom stereocenters. The van der Waals surface area contributed by atoms with Crippen LogP contribution in [0.5, 0.6) is 0 Å². The summed E-state index contributed by atoms with van der Waals surface area (Å²) in [6.45, 7) is 9.18. The van der Waals surface area contributed by atoms with E-state index in [9.17, 15) is 14.4 Å². The number of rotatable bonds is 35. The maximum Gasteiger partial charge on any atom is 0.306 e. The summed E-state index contributed by atoms with van der Waals surface area (Å²) in [5.74, 6) is -0.310. The average molecular weight is 706 g/mol. The number of hydrogen-bond donors (Lipinski definition) is 0. The Kier molecular flexibility index (Phi) is 33.7. The Morgan fingerprint density at radius 3 is 1.32 bits per heavy atom. The maximum absolute atomic E-state index is 12.5. The fraction of sp³-hybridized carbons (Fsp3) is 0.837. The van der Waals surface area contributed by atoms with Crippen LogP contribution in [0.15, 0.2) is 24.3 Å². The Hall–Kier alpha value is -2.15. The van der Waals surface area contributed by atoms with Gasteiger partial charge in [0.1, 0.15) is 18.3 Å². The molecule has 0 aromatic rings. The van der Waals surface area contributed by atoms with Crippen molar-refractivity contribution in [3.63, 3.8) is 0 Å².